The first-order chi connectivity index (χ1) is 8.96. The van der Waals surface area contributed by atoms with Crippen LogP contribution in [0.15, 0.2) is 23.2 Å². The van der Waals surface area contributed by atoms with Gasteiger partial charge in [-0.3, -0.25) is 0 Å². The molecule has 5 nitrogen and oxygen atoms in total. The minimum atomic E-state index is -3.62. The third-order valence-electron chi connectivity index (χ3n) is 3.56. The van der Waals surface area contributed by atoms with E-state index in [2.05, 4.69) is 4.98 Å². The number of aromatic nitrogens is 1. The smallest absolute Gasteiger partial charge is 0.244 e. The molecular weight excluding hydrogens is 288 g/mol. The molecule has 1 aliphatic heterocycles. The molecule has 2 atom stereocenters. The molecule has 1 aromatic heterocycles. The highest BCUT2D eigenvalue weighted by molar-refractivity contribution is 7.89. The molecule has 1 aromatic rings. The fraction of sp³-hybridized carbons (Fsp3) is 0.583. The Kier molecular flexibility index (Phi) is 4.45. The van der Waals surface area contributed by atoms with Crippen molar-refractivity contribution in [3.05, 3.63) is 23.5 Å². The van der Waals surface area contributed by atoms with Gasteiger partial charge >= 0.3 is 0 Å². The Morgan fingerprint density at radius 1 is 1.53 bits per heavy atom. The topological polar surface area (TPSA) is 70.5 Å². The van der Waals surface area contributed by atoms with E-state index in [4.69, 9.17) is 11.6 Å². The number of hydrogen-bond donors (Lipinski definition) is 1. The van der Waals surface area contributed by atoms with E-state index in [1.54, 1.807) is 0 Å². The first kappa shape index (κ1) is 14.7. The summed E-state index contributed by atoms with van der Waals surface area (Å²) in [4.78, 5) is 3.92. The van der Waals surface area contributed by atoms with Gasteiger partial charge in [0.25, 0.3) is 0 Å². The Labute approximate surface area is 118 Å². The summed E-state index contributed by atoms with van der Waals surface area (Å²) in [5, 5.41) is 9.70. The second-order valence-electron chi connectivity index (χ2n) is 4.80. The zero-order chi connectivity index (χ0) is 14.0. The summed E-state index contributed by atoms with van der Waals surface area (Å²) in [7, 11) is -3.62. The zero-order valence-electron chi connectivity index (χ0n) is 10.7. The van der Waals surface area contributed by atoms with Gasteiger partial charge in [-0.1, -0.05) is 18.5 Å². The van der Waals surface area contributed by atoms with Crippen molar-refractivity contribution in [2.24, 2.45) is 5.92 Å². The molecule has 106 valence electrons. The van der Waals surface area contributed by atoms with Crippen LogP contribution in [-0.2, 0) is 10.0 Å². The SMILES string of the molecule is C[C@@H]1CCCN(S(=O)(=O)c2ccc(Cl)nc2)[C@H]1CO. The molecule has 2 rings (SSSR count). The largest absolute Gasteiger partial charge is 0.395 e. The number of pyridine rings is 1. The number of sulfonamides is 1. The van der Waals surface area contributed by atoms with Crippen molar-refractivity contribution < 1.29 is 13.5 Å². The van der Waals surface area contributed by atoms with Crippen LogP contribution in [0.5, 0.6) is 0 Å². The molecule has 1 saturated heterocycles. The standard InChI is InChI=1S/C12H17ClN2O3S/c1-9-3-2-6-15(11(9)8-16)19(17,18)10-4-5-12(13)14-7-10/h4-5,7,9,11,16H,2-3,6,8H2,1H3/t9-,11+/m1/s1. The number of piperidine rings is 1. The molecule has 0 saturated carbocycles. The van der Waals surface area contributed by atoms with E-state index in [1.807, 2.05) is 6.92 Å². The molecule has 0 amide bonds. The van der Waals surface area contributed by atoms with Crippen molar-refractivity contribution in [1.29, 1.82) is 0 Å². The zero-order valence-corrected chi connectivity index (χ0v) is 12.2. The van der Waals surface area contributed by atoms with Gasteiger partial charge in [-0.25, -0.2) is 13.4 Å². The predicted molar refractivity (Wildman–Crippen MR) is 72.4 cm³/mol. The minimum Gasteiger partial charge on any atom is -0.395 e. The van der Waals surface area contributed by atoms with Crippen LogP contribution >= 0.6 is 11.6 Å². The summed E-state index contributed by atoms with van der Waals surface area (Å²) >= 11 is 5.67. The van der Waals surface area contributed by atoms with Crippen molar-refractivity contribution in [3.8, 4) is 0 Å². The molecule has 0 unspecified atom stereocenters. The molecular formula is C12H17ClN2O3S. The van der Waals surface area contributed by atoms with Gasteiger partial charge in [-0.05, 0) is 30.9 Å². The number of aliphatic hydroxyl groups excluding tert-OH is 1. The second-order valence-corrected chi connectivity index (χ2v) is 7.08. The number of nitrogens with zero attached hydrogens (tertiary/aromatic N) is 2. The Hall–Kier alpha value is -0.690. The van der Waals surface area contributed by atoms with Crippen molar-refractivity contribution in [2.45, 2.75) is 30.7 Å². The van der Waals surface area contributed by atoms with Gasteiger partial charge in [0.2, 0.25) is 10.0 Å². The van der Waals surface area contributed by atoms with Gasteiger partial charge in [-0.15, -0.1) is 0 Å². The fourth-order valence-corrected chi connectivity index (χ4v) is 4.24. The molecule has 0 bridgehead atoms. The normalized spacial score (nSPS) is 25.4. The van der Waals surface area contributed by atoms with Crippen LogP contribution in [-0.4, -0.2) is 42.0 Å². The number of hydrogen-bond acceptors (Lipinski definition) is 4. The Bertz CT molecular complexity index is 532. The summed E-state index contributed by atoms with van der Waals surface area (Å²) in [5.41, 5.74) is 0. The van der Waals surface area contributed by atoms with E-state index in [0.717, 1.165) is 12.8 Å². The van der Waals surface area contributed by atoms with Crippen molar-refractivity contribution in [1.82, 2.24) is 9.29 Å². The maximum absolute atomic E-state index is 12.5. The van der Waals surface area contributed by atoms with E-state index in [9.17, 15) is 13.5 Å². The lowest BCUT2D eigenvalue weighted by atomic mass is 9.93. The lowest BCUT2D eigenvalue weighted by molar-refractivity contribution is 0.113. The summed E-state index contributed by atoms with van der Waals surface area (Å²) in [6, 6.07) is 2.53. The Morgan fingerprint density at radius 2 is 2.26 bits per heavy atom. The molecule has 1 fully saturated rings. The van der Waals surface area contributed by atoms with E-state index >= 15 is 0 Å². The van der Waals surface area contributed by atoms with E-state index in [-0.39, 0.29) is 28.6 Å². The summed E-state index contributed by atoms with van der Waals surface area (Å²) < 4.78 is 26.5. The van der Waals surface area contributed by atoms with Gasteiger partial charge in [0.1, 0.15) is 10.0 Å². The summed E-state index contributed by atoms with van der Waals surface area (Å²) in [6.07, 6.45) is 2.99. The van der Waals surface area contributed by atoms with Crippen LogP contribution < -0.4 is 0 Å². The Balaban J connectivity index is 2.35. The lowest BCUT2D eigenvalue weighted by Gasteiger charge is -2.37. The summed E-state index contributed by atoms with van der Waals surface area (Å²) in [6.45, 7) is 2.23. The summed E-state index contributed by atoms with van der Waals surface area (Å²) in [5.74, 6) is 0.147. The van der Waals surface area contributed by atoms with Crippen LogP contribution in [0.1, 0.15) is 19.8 Å². The average Bonchev–Trinajstić information content (AvgIpc) is 2.39. The maximum Gasteiger partial charge on any atom is 0.244 e. The van der Waals surface area contributed by atoms with Gasteiger partial charge in [0.05, 0.1) is 12.6 Å². The molecule has 0 spiro atoms. The molecule has 0 aliphatic carbocycles. The van der Waals surface area contributed by atoms with Gasteiger partial charge in [-0.2, -0.15) is 4.31 Å². The number of halogens is 1. The predicted octanol–water partition coefficient (Wildman–Crippen LogP) is 1.52. The van der Waals surface area contributed by atoms with Crippen LogP contribution in [0, 0.1) is 5.92 Å². The molecule has 0 aromatic carbocycles. The monoisotopic (exact) mass is 304 g/mol. The average molecular weight is 305 g/mol. The van der Waals surface area contributed by atoms with Gasteiger partial charge < -0.3 is 5.11 Å². The molecule has 0 radical (unpaired) electrons. The fourth-order valence-electron chi connectivity index (χ4n) is 2.43. The molecule has 7 heteroatoms. The minimum absolute atomic E-state index is 0.115. The molecule has 1 aliphatic rings. The maximum atomic E-state index is 12.5. The Morgan fingerprint density at radius 3 is 2.84 bits per heavy atom. The van der Waals surface area contributed by atoms with Gasteiger partial charge in [0, 0.05) is 12.7 Å². The highest BCUT2D eigenvalue weighted by Gasteiger charge is 2.36. The van der Waals surface area contributed by atoms with Crippen LogP contribution in [0.3, 0.4) is 0 Å². The van der Waals surface area contributed by atoms with Gasteiger partial charge in [0.15, 0.2) is 0 Å². The van der Waals surface area contributed by atoms with Crippen molar-refractivity contribution in [2.75, 3.05) is 13.2 Å². The quantitative estimate of drug-likeness (QED) is 0.860. The first-order valence-electron chi connectivity index (χ1n) is 6.21. The van der Waals surface area contributed by atoms with E-state index in [1.165, 1.54) is 22.6 Å². The van der Waals surface area contributed by atoms with E-state index < -0.39 is 10.0 Å². The number of aliphatic hydroxyl groups is 1. The number of rotatable bonds is 3. The van der Waals surface area contributed by atoms with Crippen LogP contribution in [0.4, 0.5) is 0 Å². The van der Waals surface area contributed by atoms with Crippen LogP contribution in [0.2, 0.25) is 5.15 Å². The molecule has 2 heterocycles. The molecule has 1 N–H and O–H groups in total. The third kappa shape index (κ3) is 2.91. The first-order valence-corrected chi connectivity index (χ1v) is 8.03. The van der Waals surface area contributed by atoms with Crippen molar-refractivity contribution >= 4 is 21.6 Å². The third-order valence-corrected chi connectivity index (χ3v) is 5.69. The van der Waals surface area contributed by atoms with Crippen molar-refractivity contribution in [3.63, 3.8) is 0 Å². The van der Waals surface area contributed by atoms with Crippen LogP contribution in [0.25, 0.3) is 0 Å². The van der Waals surface area contributed by atoms with E-state index in [0.29, 0.717) is 6.54 Å². The lowest BCUT2D eigenvalue weighted by Crippen LogP contribution is -2.49. The highest BCUT2D eigenvalue weighted by Crippen LogP contribution is 2.28. The highest BCUT2D eigenvalue weighted by atomic mass is 35.5. The molecule has 19 heavy (non-hydrogen) atoms. The second kappa shape index (κ2) is 5.75.